The van der Waals surface area contributed by atoms with Crippen LogP contribution in [0.3, 0.4) is 0 Å². The lowest BCUT2D eigenvalue weighted by atomic mass is 9.97. The lowest BCUT2D eigenvalue weighted by molar-refractivity contribution is 0.316. The van der Waals surface area contributed by atoms with E-state index < -0.39 is 0 Å². The zero-order valence-electron chi connectivity index (χ0n) is 11.2. The summed E-state index contributed by atoms with van der Waals surface area (Å²) >= 11 is 0. The molecule has 0 fully saturated rings. The Balaban J connectivity index is 2.53. The van der Waals surface area contributed by atoms with E-state index in [1.54, 1.807) is 0 Å². The Hall–Kier alpha value is -0.900. The molecule has 92 valence electrons. The molecule has 0 aliphatic carbocycles. The Morgan fingerprint density at radius 1 is 1.25 bits per heavy atom. The van der Waals surface area contributed by atoms with Crippen molar-refractivity contribution in [3.63, 3.8) is 0 Å². The predicted molar refractivity (Wildman–Crippen MR) is 64.1 cm³/mol. The minimum atomic E-state index is -0.0745. The molecular weight excluding hydrogens is 202 g/mol. The lowest BCUT2D eigenvalue weighted by Crippen LogP contribution is -2.30. The van der Waals surface area contributed by atoms with Crippen molar-refractivity contribution in [3.8, 4) is 0 Å². The van der Waals surface area contributed by atoms with E-state index in [1.165, 1.54) is 0 Å². The summed E-state index contributed by atoms with van der Waals surface area (Å²) in [4.78, 5) is 4.37. The highest BCUT2D eigenvalue weighted by Gasteiger charge is 2.21. The largest absolute Gasteiger partial charge is 0.339 e. The number of hydrogen-bond acceptors (Lipinski definition) is 4. The molecule has 1 heterocycles. The van der Waals surface area contributed by atoms with Crippen molar-refractivity contribution in [1.29, 1.82) is 0 Å². The molecular formula is C12H23N3O. The summed E-state index contributed by atoms with van der Waals surface area (Å²) in [5.74, 6) is 2.04. The molecule has 0 radical (unpaired) electrons. The molecule has 16 heavy (non-hydrogen) atoms. The molecule has 0 aliphatic rings. The van der Waals surface area contributed by atoms with Crippen molar-refractivity contribution < 1.29 is 4.52 Å². The first-order chi connectivity index (χ1) is 7.30. The maximum atomic E-state index is 5.22. The average Bonchev–Trinajstić information content (AvgIpc) is 2.61. The van der Waals surface area contributed by atoms with Gasteiger partial charge in [0.2, 0.25) is 5.89 Å². The monoisotopic (exact) mass is 225 g/mol. The van der Waals surface area contributed by atoms with E-state index in [0.29, 0.717) is 24.4 Å². The fourth-order valence-electron chi connectivity index (χ4n) is 1.12. The molecule has 1 aromatic heterocycles. The smallest absolute Gasteiger partial charge is 0.232 e. The van der Waals surface area contributed by atoms with Crippen LogP contribution in [0.2, 0.25) is 0 Å². The fourth-order valence-corrected chi connectivity index (χ4v) is 1.12. The van der Waals surface area contributed by atoms with Crippen LogP contribution < -0.4 is 5.32 Å². The zero-order chi connectivity index (χ0) is 12.3. The Morgan fingerprint density at radius 3 is 2.31 bits per heavy atom. The van der Waals surface area contributed by atoms with Crippen LogP contribution in [0.1, 0.15) is 53.3 Å². The van der Waals surface area contributed by atoms with Crippen LogP contribution >= 0.6 is 0 Å². The lowest BCUT2D eigenvalue weighted by Gasteiger charge is -2.15. The van der Waals surface area contributed by atoms with Gasteiger partial charge in [0.1, 0.15) is 0 Å². The van der Waals surface area contributed by atoms with Gasteiger partial charge >= 0.3 is 0 Å². The summed E-state index contributed by atoms with van der Waals surface area (Å²) in [5.41, 5.74) is -0.0745. The van der Waals surface area contributed by atoms with Gasteiger partial charge in [-0.05, 0) is 12.8 Å². The molecule has 0 saturated heterocycles. The summed E-state index contributed by atoms with van der Waals surface area (Å²) in [6, 6.07) is 0.455. The van der Waals surface area contributed by atoms with Crippen LogP contribution in [0, 0.1) is 5.92 Å². The molecule has 1 aromatic rings. The Labute approximate surface area is 97.8 Å². The third-order valence-corrected chi connectivity index (χ3v) is 2.69. The Bertz CT molecular complexity index is 325. The summed E-state index contributed by atoms with van der Waals surface area (Å²) < 4.78 is 5.22. The van der Waals surface area contributed by atoms with Gasteiger partial charge in [0.05, 0.1) is 6.54 Å². The molecule has 0 bridgehead atoms. The first kappa shape index (κ1) is 13.2. The van der Waals surface area contributed by atoms with Crippen molar-refractivity contribution in [2.45, 2.75) is 59.5 Å². The SMILES string of the molecule is CC(C)C(C)NCc1noc(C(C)(C)C)n1. The zero-order valence-corrected chi connectivity index (χ0v) is 11.2. The van der Waals surface area contributed by atoms with Crippen LogP contribution in [-0.4, -0.2) is 16.2 Å². The van der Waals surface area contributed by atoms with Crippen molar-refractivity contribution >= 4 is 0 Å². The molecule has 1 rings (SSSR count). The van der Waals surface area contributed by atoms with Crippen LogP contribution in [0.15, 0.2) is 4.52 Å². The van der Waals surface area contributed by atoms with Crippen LogP contribution in [0.25, 0.3) is 0 Å². The normalized spacial score (nSPS) is 14.4. The second-order valence-electron chi connectivity index (χ2n) is 5.68. The van der Waals surface area contributed by atoms with Crippen LogP contribution in [0.4, 0.5) is 0 Å². The van der Waals surface area contributed by atoms with E-state index in [2.05, 4.69) is 57.0 Å². The van der Waals surface area contributed by atoms with E-state index in [0.717, 1.165) is 5.82 Å². The highest BCUT2D eigenvalue weighted by atomic mass is 16.5. The minimum absolute atomic E-state index is 0.0745. The molecule has 0 saturated carbocycles. The van der Waals surface area contributed by atoms with Crippen LogP contribution in [0.5, 0.6) is 0 Å². The average molecular weight is 225 g/mol. The first-order valence-corrected chi connectivity index (χ1v) is 5.87. The summed E-state index contributed by atoms with van der Waals surface area (Å²) in [5, 5.41) is 7.34. The van der Waals surface area contributed by atoms with Crippen molar-refractivity contribution in [3.05, 3.63) is 11.7 Å². The van der Waals surface area contributed by atoms with Gasteiger partial charge < -0.3 is 9.84 Å². The predicted octanol–water partition coefficient (Wildman–Crippen LogP) is 2.50. The van der Waals surface area contributed by atoms with Gasteiger partial charge in [-0.1, -0.05) is 39.8 Å². The first-order valence-electron chi connectivity index (χ1n) is 5.87. The molecule has 0 spiro atoms. The maximum absolute atomic E-state index is 5.22. The molecule has 0 aromatic carbocycles. The fraction of sp³-hybridized carbons (Fsp3) is 0.833. The third-order valence-electron chi connectivity index (χ3n) is 2.69. The molecule has 1 atom stereocenters. The van der Waals surface area contributed by atoms with Gasteiger partial charge in [-0.25, -0.2) is 0 Å². The highest BCUT2D eigenvalue weighted by molar-refractivity contribution is 4.98. The highest BCUT2D eigenvalue weighted by Crippen LogP contribution is 2.19. The summed E-state index contributed by atoms with van der Waals surface area (Å²) in [7, 11) is 0. The molecule has 1 N–H and O–H groups in total. The number of hydrogen-bond donors (Lipinski definition) is 1. The van der Waals surface area contributed by atoms with Crippen molar-refractivity contribution in [1.82, 2.24) is 15.5 Å². The minimum Gasteiger partial charge on any atom is -0.339 e. The topological polar surface area (TPSA) is 51.0 Å². The third kappa shape index (κ3) is 3.59. The molecule has 4 nitrogen and oxygen atoms in total. The number of rotatable bonds is 4. The quantitative estimate of drug-likeness (QED) is 0.855. The van der Waals surface area contributed by atoms with Gasteiger partial charge in [0.15, 0.2) is 5.82 Å². The van der Waals surface area contributed by atoms with Crippen molar-refractivity contribution in [2.24, 2.45) is 5.92 Å². The molecule has 1 unspecified atom stereocenters. The standard InChI is InChI=1S/C12H23N3O/c1-8(2)9(3)13-7-10-14-11(16-15-10)12(4,5)6/h8-9,13H,7H2,1-6H3. The molecule has 0 amide bonds. The van der Waals surface area contributed by atoms with E-state index in [-0.39, 0.29) is 5.41 Å². The van der Waals surface area contributed by atoms with Gasteiger partial charge in [0.25, 0.3) is 0 Å². The van der Waals surface area contributed by atoms with Gasteiger partial charge in [-0.2, -0.15) is 4.98 Å². The van der Waals surface area contributed by atoms with E-state index >= 15 is 0 Å². The van der Waals surface area contributed by atoms with E-state index in [9.17, 15) is 0 Å². The van der Waals surface area contributed by atoms with E-state index in [1.807, 2.05) is 0 Å². The van der Waals surface area contributed by atoms with Crippen molar-refractivity contribution in [2.75, 3.05) is 0 Å². The Kier molecular flexibility index (Phi) is 4.08. The molecule has 0 aliphatic heterocycles. The maximum Gasteiger partial charge on any atom is 0.232 e. The van der Waals surface area contributed by atoms with Gasteiger partial charge in [-0.3, -0.25) is 0 Å². The Morgan fingerprint density at radius 2 is 1.88 bits per heavy atom. The molecule has 4 heteroatoms. The second kappa shape index (κ2) is 4.95. The number of nitrogens with one attached hydrogen (secondary N) is 1. The number of aromatic nitrogens is 2. The van der Waals surface area contributed by atoms with E-state index in [4.69, 9.17) is 4.52 Å². The van der Waals surface area contributed by atoms with Gasteiger partial charge in [0, 0.05) is 11.5 Å². The summed E-state index contributed by atoms with van der Waals surface area (Å²) in [6.07, 6.45) is 0. The van der Waals surface area contributed by atoms with Gasteiger partial charge in [-0.15, -0.1) is 0 Å². The second-order valence-corrected chi connectivity index (χ2v) is 5.68. The van der Waals surface area contributed by atoms with Crippen LogP contribution in [-0.2, 0) is 12.0 Å². The number of nitrogens with zero attached hydrogens (tertiary/aromatic N) is 2. The summed E-state index contributed by atoms with van der Waals surface area (Å²) in [6.45, 7) is 13.4.